The van der Waals surface area contributed by atoms with Gasteiger partial charge in [-0.15, -0.1) is 11.5 Å². The van der Waals surface area contributed by atoms with Crippen molar-refractivity contribution >= 4 is 94.1 Å². The molecule has 0 saturated carbocycles. The Balaban J connectivity index is 1.58. The third-order valence-electron chi connectivity index (χ3n) is 4.26. The van der Waals surface area contributed by atoms with Gasteiger partial charge >= 0.3 is 0 Å². The van der Waals surface area contributed by atoms with Crippen LogP contribution in [0.2, 0.25) is 0 Å². The van der Waals surface area contributed by atoms with E-state index >= 15 is 0 Å². The van der Waals surface area contributed by atoms with Crippen molar-refractivity contribution in [3.63, 3.8) is 0 Å². The number of hydrogen-bond acceptors (Lipinski definition) is 8. The minimum Gasteiger partial charge on any atom is -0.112 e. The highest BCUT2D eigenvalue weighted by Gasteiger charge is 2.29. The second-order valence-electron chi connectivity index (χ2n) is 6.26. The molecule has 2 fully saturated rings. The summed E-state index contributed by atoms with van der Waals surface area (Å²) in [5.74, 6) is 0. The molecule has 0 aliphatic carbocycles. The standard InChI is InChI=1S/C22H18S8/c1-7-15-17(29-21(27-15)19-23-11(3)12(4)24-19)9-10-18-16(8-2)28-22(30-18)20-25-13(5)14(6)26-20/h9-10H,1-2H2,3-6H3/b17-9-,18-10+. The number of allylic oxidation sites excluding steroid dienone is 6. The molecule has 4 aliphatic rings. The van der Waals surface area contributed by atoms with Crippen LogP contribution >= 0.6 is 94.1 Å². The van der Waals surface area contributed by atoms with Crippen molar-refractivity contribution in [2.24, 2.45) is 0 Å². The predicted octanol–water partition coefficient (Wildman–Crippen LogP) is 10.8. The molecule has 30 heavy (non-hydrogen) atoms. The average molecular weight is 539 g/mol. The van der Waals surface area contributed by atoms with E-state index in [2.05, 4.69) is 64.5 Å². The van der Waals surface area contributed by atoms with Gasteiger partial charge in [0.25, 0.3) is 0 Å². The van der Waals surface area contributed by atoms with Gasteiger partial charge in [-0.2, -0.15) is 0 Å². The molecule has 0 aromatic heterocycles. The Labute approximate surface area is 212 Å². The molecule has 0 aromatic rings. The molecular formula is C22H18S8. The summed E-state index contributed by atoms with van der Waals surface area (Å²) in [6.07, 6.45) is 4.40. The van der Waals surface area contributed by atoms with Crippen molar-refractivity contribution in [2.45, 2.75) is 27.7 Å². The Morgan fingerprint density at radius 3 is 1.10 bits per heavy atom. The summed E-state index contributed by atoms with van der Waals surface area (Å²) in [5.41, 5.74) is 6.26. The summed E-state index contributed by atoms with van der Waals surface area (Å²) in [4.78, 5) is 10.2. The van der Waals surface area contributed by atoms with E-state index in [0.29, 0.717) is 0 Å². The molecule has 4 aliphatic heterocycles. The first-order valence-corrected chi connectivity index (χ1v) is 15.4. The fourth-order valence-corrected chi connectivity index (χ4v) is 12.9. The van der Waals surface area contributed by atoms with Gasteiger partial charge in [0.05, 0.1) is 26.8 Å². The molecule has 0 radical (unpaired) electrons. The molecule has 2 saturated heterocycles. The monoisotopic (exact) mass is 538 g/mol. The normalized spacial score (nSPS) is 25.1. The van der Waals surface area contributed by atoms with E-state index in [4.69, 9.17) is 0 Å². The third kappa shape index (κ3) is 4.94. The zero-order chi connectivity index (χ0) is 21.4. The highest BCUT2D eigenvalue weighted by Crippen LogP contribution is 2.63. The van der Waals surface area contributed by atoms with Crippen LogP contribution in [0.15, 0.2) is 93.0 Å². The lowest BCUT2D eigenvalue weighted by molar-refractivity contribution is 1.57. The molecule has 0 spiro atoms. The molecule has 0 unspecified atom stereocenters. The van der Waals surface area contributed by atoms with Crippen molar-refractivity contribution in [3.05, 3.63) is 93.0 Å². The molecule has 154 valence electrons. The number of thioether (sulfide) groups is 8. The molecule has 4 heterocycles. The lowest BCUT2D eigenvalue weighted by atomic mass is 10.4. The Hall–Kier alpha value is 0.280. The first-order valence-electron chi connectivity index (χ1n) is 8.88. The summed E-state index contributed by atoms with van der Waals surface area (Å²) in [6, 6.07) is 0. The Kier molecular flexibility index (Phi) is 7.85. The van der Waals surface area contributed by atoms with Crippen LogP contribution in [0.25, 0.3) is 0 Å². The van der Waals surface area contributed by atoms with E-state index in [1.54, 1.807) is 23.5 Å². The van der Waals surface area contributed by atoms with Gasteiger partial charge in [-0.25, -0.2) is 0 Å². The van der Waals surface area contributed by atoms with E-state index in [9.17, 15) is 0 Å². The minimum atomic E-state index is 1.11. The fraction of sp³-hybridized carbons (Fsp3) is 0.182. The van der Waals surface area contributed by atoms with E-state index in [1.807, 2.05) is 70.6 Å². The van der Waals surface area contributed by atoms with Crippen molar-refractivity contribution < 1.29 is 0 Å². The summed E-state index contributed by atoms with van der Waals surface area (Å²) >= 11 is 14.7. The molecule has 0 nitrogen and oxygen atoms in total. The highest BCUT2D eigenvalue weighted by atomic mass is 32.2. The SMILES string of the molecule is C=C=C1SC(=C2SC(C)=C(C)S2)S/C1=C\C=C1\SC(=C2SC(C)=C(C)S2)SC1=C=C. The molecule has 0 aromatic carbocycles. The molecule has 4 rings (SSSR count). The maximum Gasteiger partial charge on any atom is 0.0712 e. The molecule has 0 N–H and O–H groups in total. The summed E-state index contributed by atoms with van der Waals surface area (Å²) in [6.45, 7) is 16.6. The van der Waals surface area contributed by atoms with Crippen LogP contribution in [-0.4, -0.2) is 0 Å². The van der Waals surface area contributed by atoms with Crippen LogP contribution in [0.4, 0.5) is 0 Å². The third-order valence-corrected chi connectivity index (χ3v) is 15.6. The number of hydrogen-bond donors (Lipinski definition) is 0. The highest BCUT2D eigenvalue weighted by molar-refractivity contribution is 8.35. The Morgan fingerprint density at radius 1 is 0.500 bits per heavy atom. The topological polar surface area (TPSA) is 0 Å². The van der Waals surface area contributed by atoms with Crippen LogP contribution in [0.1, 0.15) is 27.7 Å². The minimum absolute atomic E-state index is 1.11. The first kappa shape index (κ1) is 23.4. The van der Waals surface area contributed by atoms with Gasteiger partial charge in [0.1, 0.15) is 0 Å². The molecular weight excluding hydrogens is 521 g/mol. The van der Waals surface area contributed by atoms with Gasteiger partial charge < -0.3 is 0 Å². The van der Waals surface area contributed by atoms with Crippen molar-refractivity contribution in [3.8, 4) is 0 Å². The lowest BCUT2D eigenvalue weighted by Gasteiger charge is -1.99. The molecule has 0 atom stereocenters. The molecule has 0 amide bonds. The second-order valence-corrected chi connectivity index (χ2v) is 16.3. The van der Waals surface area contributed by atoms with E-state index in [0.717, 1.165) is 9.81 Å². The van der Waals surface area contributed by atoms with Crippen LogP contribution in [0.3, 0.4) is 0 Å². The van der Waals surface area contributed by atoms with Crippen molar-refractivity contribution in [2.75, 3.05) is 0 Å². The zero-order valence-electron chi connectivity index (χ0n) is 16.8. The molecule has 0 bridgehead atoms. The van der Waals surface area contributed by atoms with Crippen molar-refractivity contribution in [1.82, 2.24) is 0 Å². The zero-order valence-corrected chi connectivity index (χ0v) is 23.4. The van der Waals surface area contributed by atoms with Crippen molar-refractivity contribution in [1.29, 1.82) is 0 Å². The van der Waals surface area contributed by atoms with E-state index < -0.39 is 0 Å². The fourth-order valence-electron chi connectivity index (χ4n) is 2.46. The van der Waals surface area contributed by atoms with Crippen LogP contribution in [-0.2, 0) is 0 Å². The maximum absolute atomic E-state index is 3.91. The maximum atomic E-state index is 3.91. The second kappa shape index (κ2) is 10.0. The summed E-state index contributed by atoms with van der Waals surface area (Å²) < 4.78 is 5.43. The van der Waals surface area contributed by atoms with Gasteiger partial charge in [-0.1, -0.05) is 107 Å². The first-order chi connectivity index (χ1) is 14.4. The van der Waals surface area contributed by atoms with Crippen LogP contribution in [0, 0.1) is 0 Å². The van der Waals surface area contributed by atoms with Gasteiger partial charge in [-0.05, 0) is 59.5 Å². The summed E-state index contributed by atoms with van der Waals surface area (Å²) in [5, 5.41) is 0. The summed E-state index contributed by atoms with van der Waals surface area (Å²) in [7, 11) is 0. The van der Waals surface area contributed by atoms with Gasteiger partial charge in [0.15, 0.2) is 0 Å². The van der Waals surface area contributed by atoms with E-state index in [1.165, 1.54) is 46.4 Å². The molecule has 8 heteroatoms. The average Bonchev–Trinajstić information content (AvgIpc) is 3.47. The van der Waals surface area contributed by atoms with Gasteiger partial charge in [0, 0.05) is 9.81 Å². The van der Waals surface area contributed by atoms with Gasteiger partial charge in [-0.3, -0.25) is 0 Å². The largest absolute Gasteiger partial charge is 0.112 e. The quantitative estimate of drug-likeness (QED) is 0.298. The van der Waals surface area contributed by atoms with Gasteiger partial charge in [0.2, 0.25) is 0 Å². The smallest absolute Gasteiger partial charge is 0.0712 e. The van der Waals surface area contributed by atoms with Crippen LogP contribution in [0.5, 0.6) is 0 Å². The Morgan fingerprint density at radius 2 is 0.800 bits per heavy atom. The number of rotatable bonds is 1. The van der Waals surface area contributed by atoms with E-state index in [-0.39, 0.29) is 0 Å². The predicted molar refractivity (Wildman–Crippen MR) is 153 cm³/mol. The lowest BCUT2D eigenvalue weighted by Crippen LogP contribution is -1.72. The van der Waals surface area contributed by atoms with Crippen LogP contribution < -0.4 is 0 Å². The Bertz CT molecular complexity index is 1000.